The number of hydrogen-bond acceptors (Lipinski definition) is 2. The third-order valence-electron chi connectivity index (χ3n) is 0.805. The molecule has 1 rings (SSSR count). The summed E-state index contributed by atoms with van der Waals surface area (Å²) in [6, 6.07) is 0. The monoisotopic (exact) mass is 127 g/mol. The van der Waals surface area contributed by atoms with Gasteiger partial charge in [-0.1, -0.05) is 0 Å². The van der Waals surface area contributed by atoms with E-state index in [1.165, 1.54) is 11.8 Å². The highest BCUT2D eigenvalue weighted by atomic mass is 32.2. The lowest BCUT2D eigenvalue weighted by molar-refractivity contribution is 1.23. The Morgan fingerprint density at radius 3 is 3.25 bits per heavy atom. The van der Waals surface area contributed by atoms with Crippen LogP contribution in [-0.2, 0) is 5.75 Å². The zero-order chi connectivity index (χ0) is 5.82. The quantitative estimate of drug-likeness (QED) is 0.651. The first-order valence-corrected chi connectivity index (χ1v) is 3.43. The molecule has 2 nitrogen and oxygen atoms in total. The van der Waals surface area contributed by atoms with Gasteiger partial charge >= 0.3 is 0 Å². The second kappa shape index (κ2) is 2.77. The van der Waals surface area contributed by atoms with Gasteiger partial charge in [-0.15, -0.1) is 0 Å². The fourth-order valence-electron chi connectivity index (χ4n) is 0.474. The summed E-state index contributed by atoms with van der Waals surface area (Å²) in [5, 5.41) is 0. The molecule has 0 unspecified atom stereocenters. The van der Waals surface area contributed by atoms with E-state index in [4.69, 9.17) is 0 Å². The van der Waals surface area contributed by atoms with Crippen molar-refractivity contribution in [3.05, 3.63) is 24.5 Å². The molecule has 0 bridgehead atoms. The van der Waals surface area contributed by atoms with E-state index < -0.39 is 0 Å². The van der Waals surface area contributed by atoms with Gasteiger partial charge in [0.25, 0.3) is 0 Å². The number of imidazole rings is 1. The van der Waals surface area contributed by atoms with Crippen molar-refractivity contribution in [2.75, 3.05) is 0 Å². The van der Waals surface area contributed by atoms with Crippen LogP contribution in [0, 0.1) is 6.26 Å². The van der Waals surface area contributed by atoms with E-state index in [1.54, 1.807) is 6.33 Å². The van der Waals surface area contributed by atoms with E-state index in [1.807, 2.05) is 6.20 Å². The summed E-state index contributed by atoms with van der Waals surface area (Å²) in [5.41, 5.74) is 1.06. The van der Waals surface area contributed by atoms with Crippen molar-refractivity contribution in [1.82, 2.24) is 9.97 Å². The average molecular weight is 127 g/mol. The maximum Gasteiger partial charge on any atom is 0.0923 e. The molecule has 0 aliphatic carbocycles. The van der Waals surface area contributed by atoms with Crippen LogP contribution in [0.4, 0.5) is 0 Å². The lowest BCUT2D eigenvalue weighted by atomic mass is 10.6. The first-order valence-electron chi connectivity index (χ1n) is 2.28. The third-order valence-corrected chi connectivity index (χ3v) is 1.30. The Kier molecular flexibility index (Phi) is 1.97. The van der Waals surface area contributed by atoms with Crippen LogP contribution < -0.4 is 0 Å². The van der Waals surface area contributed by atoms with Gasteiger partial charge in [0.1, 0.15) is 0 Å². The molecule has 1 N–H and O–H groups in total. The van der Waals surface area contributed by atoms with Crippen molar-refractivity contribution in [1.29, 1.82) is 0 Å². The van der Waals surface area contributed by atoms with Gasteiger partial charge < -0.3 is 4.98 Å². The predicted octanol–water partition coefficient (Wildman–Crippen LogP) is 1.43. The Labute approximate surface area is 52.7 Å². The van der Waals surface area contributed by atoms with Crippen molar-refractivity contribution in [2.24, 2.45) is 0 Å². The molecule has 8 heavy (non-hydrogen) atoms. The highest BCUT2D eigenvalue weighted by molar-refractivity contribution is 7.99. The maximum absolute atomic E-state index is 3.99. The second-order valence-corrected chi connectivity index (χ2v) is 2.11. The number of hydrogen-bond donors (Lipinski definition) is 1. The molecule has 0 aromatic carbocycles. The normalized spacial score (nSPS) is 9.62. The van der Waals surface area contributed by atoms with Crippen LogP contribution in [0.3, 0.4) is 0 Å². The van der Waals surface area contributed by atoms with Crippen molar-refractivity contribution in [2.45, 2.75) is 5.75 Å². The smallest absolute Gasteiger partial charge is 0.0923 e. The SMILES string of the molecule is [CH2]SCc1c[nH]cn1. The molecule has 0 aliphatic heterocycles. The first kappa shape index (κ1) is 5.69. The largest absolute Gasteiger partial charge is 0.351 e. The van der Waals surface area contributed by atoms with E-state index >= 15 is 0 Å². The maximum atomic E-state index is 3.99. The minimum atomic E-state index is 0.892. The summed E-state index contributed by atoms with van der Waals surface area (Å²) >= 11 is 1.53. The van der Waals surface area contributed by atoms with E-state index in [0.29, 0.717) is 0 Å². The summed E-state index contributed by atoms with van der Waals surface area (Å²) in [5.74, 6) is 0.892. The highest BCUT2D eigenvalue weighted by Gasteiger charge is 1.88. The van der Waals surface area contributed by atoms with Gasteiger partial charge in [0, 0.05) is 18.2 Å². The second-order valence-electron chi connectivity index (χ2n) is 1.41. The standard InChI is InChI=1S/C5H7N2S/c1-8-3-5-2-6-4-7-5/h2,4H,1,3H2,(H,6,7). The Morgan fingerprint density at radius 2 is 2.75 bits per heavy atom. The molecule has 1 aromatic rings. The molecule has 0 fully saturated rings. The van der Waals surface area contributed by atoms with Gasteiger partial charge in [-0.3, -0.25) is 0 Å². The van der Waals surface area contributed by atoms with Crippen LogP contribution in [-0.4, -0.2) is 9.97 Å². The average Bonchev–Trinajstić information content (AvgIpc) is 2.19. The van der Waals surface area contributed by atoms with E-state index in [2.05, 4.69) is 16.2 Å². The molecule has 1 radical (unpaired) electrons. The lowest BCUT2D eigenvalue weighted by Crippen LogP contribution is -1.73. The number of nitrogens with zero attached hydrogens (tertiary/aromatic N) is 1. The van der Waals surface area contributed by atoms with Gasteiger partial charge in [0.15, 0.2) is 0 Å². The lowest BCUT2D eigenvalue weighted by Gasteiger charge is -1.84. The van der Waals surface area contributed by atoms with Gasteiger partial charge in [0.05, 0.1) is 12.0 Å². The van der Waals surface area contributed by atoms with Gasteiger partial charge in [-0.25, -0.2) is 4.98 Å². The molecular formula is C5H7N2S. The van der Waals surface area contributed by atoms with Crippen LogP contribution >= 0.6 is 11.8 Å². The number of aromatic nitrogens is 2. The number of nitrogens with one attached hydrogen (secondary N) is 1. The van der Waals surface area contributed by atoms with Crippen LogP contribution in [0.1, 0.15) is 5.69 Å². The molecule has 3 heteroatoms. The van der Waals surface area contributed by atoms with Crippen molar-refractivity contribution in [3.8, 4) is 0 Å². The van der Waals surface area contributed by atoms with Crippen molar-refractivity contribution in [3.63, 3.8) is 0 Å². The first-order chi connectivity index (χ1) is 3.93. The van der Waals surface area contributed by atoms with Crippen molar-refractivity contribution >= 4 is 11.8 Å². The van der Waals surface area contributed by atoms with Gasteiger partial charge in [0.2, 0.25) is 0 Å². The third kappa shape index (κ3) is 1.26. The molecule has 0 aliphatic rings. The number of H-pyrrole nitrogens is 1. The van der Waals surface area contributed by atoms with Crippen LogP contribution in [0.2, 0.25) is 0 Å². The molecule has 0 amide bonds. The number of thioether (sulfide) groups is 1. The predicted molar refractivity (Wildman–Crippen MR) is 35.2 cm³/mol. The van der Waals surface area contributed by atoms with Gasteiger partial charge in [-0.2, -0.15) is 11.8 Å². The van der Waals surface area contributed by atoms with Crippen molar-refractivity contribution < 1.29 is 0 Å². The summed E-state index contributed by atoms with van der Waals surface area (Å²) in [4.78, 5) is 6.85. The van der Waals surface area contributed by atoms with Gasteiger partial charge in [-0.05, 0) is 0 Å². The fourth-order valence-corrected chi connectivity index (χ4v) is 0.841. The summed E-state index contributed by atoms with van der Waals surface area (Å²) in [6.07, 6.45) is 7.17. The Balaban J connectivity index is 2.50. The Hall–Kier alpha value is -0.440. The molecule has 1 aromatic heterocycles. The minimum absolute atomic E-state index is 0.892. The molecule has 0 atom stereocenters. The number of rotatable bonds is 2. The molecular weight excluding hydrogens is 120 g/mol. The van der Waals surface area contributed by atoms with E-state index in [0.717, 1.165) is 11.4 Å². The fraction of sp³-hybridized carbons (Fsp3) is 0.200. The zero-order valence-corrected chi connectivity index (χ0v) is 5.24. The molecule has 0 spiro atoms. The summed E-state index contributed by atoms with van der Waals surface area (Å²) in [6.45, 7) is 0. The molecule has 43 valence electrons. The topological polar surface area (TPSA) is 28.7 Å². The van der Waals surface area contributed by atoms with E-state index in [9.17, 15) is 0 Å². The molecule has 1 heterocycles. The van der Waals surface area contributed by atoms with E-state index in [-0.39, 0.29) is 0 Å². The summed E-state index contributed by atoms with van der Waals surface area (Å²) < 4.78 is 0. The Bertz CT molecular complexity index is 136. The zero-order valence-electron chi connectivity index (χ0n) is 4.42. The number of aromatic amines is 1. The highest BCUT2D eigenvalue weighted by Crippen LogP contribution is 2.04. The Morgan fingerprint density at radius 1 is 1.88 bits per heavy atom. The van der Waals surface area contributed by atoms with Crippen LogP contribution in [0.5, 0.6) is 0 Å². The minimum Gasteiger partial charge on any atom is -0.351 e. The summed E-state index contributed by atoms with van der Waals surface area (Å²) in [7, 11) is 0. The van der Waals surface area contributed by atoms with Crippen LogP contribution in [0.25, 0.3) is 0 Å². The molecule has 0 saturated carbocycles. The molecule has 0 saturated heterocycles. The van der Waals surface area contributed by atoms with Crippen LogP contribution in [0.15, 0.2) is 12.5 Å².